The molecule has 0 spiro atoms. The summed E-state index contributed by atoms with van der Waals surface area (Å²) in [5, 5.41) is 0. The molecule has 0 unspecified atom stereocenters. The van der Waals surface area contributed by atoms with Gasteiger partial charge in [-0.25, -0.2) is 5.48 Å². The monoisotopic (exact) mass is 248 g/mol. The van der Waals surface area contributed by atoms with E-state index >= 15 is 0 Å². The summed E-state index contributed by atoms with van der Waals surface area (Å²) < 4.78 is 0. The normalized spacial score (nSPS) is 17.6. The first-order chi connectivity index (χ1) is 8.75. The minimum atomic E-state index is -0.561. The Hall–Kier alpha value is -1.39. The number of carbonyl (C=O) groups excluding carboxylic acids is 1. The molecule has 0 saturated heterocycles. The van der Waals surface area contributed by atoms with Crippen molar-refractivity contribution in [2.75, 3.05) is 0 Å². The molecule has 1 saturated carbocycles. The predicted molar refractivity (Wildman–Crippen MR) is 69.6 cm³/mol. The number of carbonyl (C=O) groups is 1. The first kappa shape index (κ1) is 13.1. The van der Waals surface area contributed by atoms with E-state index in [1.54, 1.807) is 0 Å². The maximum Gasteiger partial charge on any atom is 0.260 e. The zero-order valence-electron chi connectivity index (χ0n) is 10.5. The number of nitrogens with one attached hydrogen (secondary N) is 1. The Labute approximate surface area is 107 Å². The first-order valence-electron chi connectivity index (χ1n) is 6.50. The molecule has 1 fully saturated rings. The van der Waals surface area contributed by atoms with Crippen molar-refractivity contribution in [3.8, 4) is 0 Å². The molecule has 18 heavy (non-hydrogen) atoms. The van der Waals surface area contributed by atoms with E-state index in [1.807, 2.05) is 30.3 Å². The Kier molecular flexibility index (Phi) is 4.73. The third-order valence-electron chi connectivity index (χ3n) is 3.26. The Morgan fingerprint density at radius 2 is 2.00 bits per heavy atom. The quantitative estimate of drug-likeness (QED) is 0.777. The lowest BCUT2D eigenvalue weighted by Crippen LogP contribution is -2.43. The van der Waals surface area contributed by atoms with Crippen molar-refractivity contribution in [2.45, 2.75) is 44.2 Å². The van der Waals surface area contributed by atoms with Gasteiger partial charge >= 0.3 is 0 Å². The summed E-state index contributed by atoms with van der Waals surface area (Å²) in [7, 11) is 0. The molecule has 1 aromatic rings. The van der Waals surface area contributed by atoms with Crippen LogP contribution in [0, 0.1) is 0 Å². The number of benzene rings is 1. The molecule has 0 heterocycles. The standard InChI is InChI=1S/C14H20N2O2/c15-13(10-11-6-2-1-3-7-11)14(17)16-18-12-8-4-5-9-12/h1-3,6-7,12-13H,4-5,8-10,15H2,(H,16,17)/t13-/m0/s1. The lowest BCUT2D eigenvalue weighted by molar-refractivity contribution is -0.139. The van der Waals surface area contributed by atoms with Crippen LogP contribution >= 0.6 is 0 Å². The molecule has 4 nitrogen and oxygen atoms in total. The van der Waals surface area contributed by atoms with Crippen molar-refractivity contribution < 1.29 is 9.63 Å². The fourth-order valence-corrected chi connectivity index (χ4v) is 2.18. The van der Waals surface area contributed by atoms with E-state index < -0.39 is 6.04 Å². The van der Waals surface area contributed by atoms with Crippen LogP contribution in [-0.2, 0) is 16.1 Å². The molecule has 0 bridgehead atoms. The molecule has 1 atom stereocenters. The summed E-state index contributed by atoms with van der Waals surface area (Å²) in [6.07, 6.45) is 5.09. The molecule has 98 valence electrons. The summed E-state index contributed by atoms with van der Waals surface area (Å²) in [5.41, 5.74) is 9.38. The summed E-state index contributed by atoms with van der Waals surface area (Å²) in [6.45, 7) is 0. The number of hydrogen-bond donors (Lipinski definition) is 2. The van der Waals surface area contributed by atoms with Crippen molar-refractivity contribution >= 4 is 5.91 Å². The van der Waals surface area contributed by atoms with E-state index in [0.717, 1.165) is 18.4 Å². The van der Waals surface area contributed by atoms with Crippen LogP contribution in [0.1, 0.15) is 31.2 Å². The lowest BCUT2D eigenvalue weighted by Gasteiger charge is -2.15. The first-order valence-corrected chi connectivity index (χ1v) is 6.50. The van der Waals surface area contributed by atoms with E-state index in [0.29, 0.717) is 6.42 Å². The number of hydroxylamine groups is 1. The van der Waals surface area contributed by atoms with E-state index in [-0.39, 0.29) is 12.0 Å². The number of hydrogen-bond acceptors (Lipinski definition) is 3. The molecule has 0 radical (unpaired) electrons. The SMILES string of the molecule is N[C@@H](Cc1ccccc1)C(=O)NOC1CCCC1. The molecule has 1 aliphatic carbocycles. The molecule has 3 N–H and O–H groups in total. The van der Waals surface area contributed by atoms with Crippen molar-refractivity contribution in [3.05, 3.63) is 35.9 Å². The minimum absolute atomic E-state index is 0.165. The van der Waals surface area contributed by atoms with Gasteiger partial charge in [0.05, 0.1) is 12.1 Å². The zero-order chi connectivity index (χ0) is 12.8. The van der Waals surface area contributed by atoms with Crippen LogP contribution in [0.4, 0.5) is 0 Å². The van der Waals surface area contributed by atoms with Crippen LogP contribution in [-0.4, -0.2) is 18.1 Å². The van der Waals surface area contributed by atoms with Crippen molar-refractivity contribution in [2.24, 2.45) is 5.73 Å². The Morgan fingerprint density at radius 3 is 2.67 bits per heavy atom. The van der Waals surface area contributed by atoms with Gasteiger partial charge in [-0.3, -0.25) is 9.63 Å². The largest absolute Gasteiger partial charge is 0.320 e. The van der Waals surface area contributed by atoms with Gasteiger partial charge in [0.15, 0.2) is 0 Å². The highest BCUT2D eigenvalue weighted by Gasteiger charge is 2.19. The highest BCUT2D eigenvalue weighted by Crippen LogP contribution is 2.19. The van der Waals surface area contributed by atoms with Crippen LogP contribution in [0.2, 0.25) is 0 Å². The second-order valence-corrected chi connectivity index (χ2v) is 4.79. The molecule has 2 rings (SSSR count). The van der Waals surface area contributed by atoms with Gasteiger partial charge in [-0.2, -0.15) is 0 Å². The topological polar surface area (TPSA) is 64.4 Å². The number of nitrogens with two attached hydrogens (primary N) is 1. The Balaban J connectivity index is 1.74. The summed E-state index contributed by atoms with van der Waals surface area (Å²) in [5.74, 6) is -0.245. The number of amides is 1. The molecule has 1 aliphatic rings. The van der Waals surface area contributed by atoms with Gasteiger partial charge in [0.1, 0.15) is 0 Å². The third-order valence-corrected chi connectivity index (χ3v) is 3.26. The summed E-state index contributed by atoms with van der Waals surface area (Å²) in [6, 6.07) is 9.19. The maximum absolute atomic E-state index is 11.7. The summed E-state index contributed by atoms with van der Waals surface area (Å²) in [4.78, 5) is 17.1. The average molecular weight is 248 g/mol. The zero-order valence-corrected chi connectivity index (χ0v) is 10.5. The van der Waals surface area contributed by atoms with Gasteiger partial charge in [-0.1, -0.05) is 43.2 Å². The van der Waals surface area contributed by atoms with Gasteiger partial charge in [-0.15, -0.1) is 0 Å². The van der Waals surface area contributed by atoms with Crippen molar-refractivity contribution in [1.82, 2.24) is 5.48 Å². The van der Waals surface area contributed by atoms with Crippen molar-refractivity contribution in [3.63, 3.8) is 0 Å². The van der Waals surface area contributed by atoms with Crippen molar-refractivity contribution in [1.29, 1.82) is 0 Å². The van der Waals surface area contributed by atoms with Crippen LogP contribution in [0.5, 0.6) is 0 Å². The second-order valence-electron chi connectivity index (χ2n) is 4.79. The third kappa shape index (κ3) is 3.82. The molecular weight excluding hydrogens is 228 g/mol. The van der Waals surface area contributed by atoms with Crippen LogP contribution in [0.15, 0.2) is 30.3 Å². The van der Waals surface area contributed by atoms with E-state index in [4.69, 9.17) is 10.6 Å². The smallest absolute Gasteiger partial charge is 0.260 e. The van der Waals surface area contributed by atoms with Gasteiger partial charge in [-0.05, 0) is 24.8 Å². The minimum Gasteiger partial charge on any atom is -0.320 e. The van der Waals surface area contributed by atoms with E-state index in [1.165, 1.54) is 12.8 Å². The Morgan fingerprint density at radius 1 is 1.33 bits per heavy atom. The molecule has 1 amide bonds. The highest BCUT2D eigenvalue weighted by atomic mass is 16.7. The molecule has 0 aliphatic heterocycles. The Bertz CT molecular complexity index is 375. The maximum atomic E-state index is 11.7. The van der Waals surface area contributed by atoms with Crippen LogP contribution < -0.4 is 11.2 Å². The molecular formula is C14H20N2O2. The molecule has 0 aromatic heterocycles. The second kappa shape index (κ2) is 6.52. The van der Waals surface area contributed by atoms with Crippen LogP contribution in [0.3, 0.4) is 0 Å². The van der Waals surface area contributed by atoms with Crippen LogP contribution in [0.25, 0.3) is 0 Å². The lowest BCUT2D eigenvalue weighted by atomic mass is 10.1. The van der Waals surface area contributed by atoms with Gasteiger partial charge in [0.2, 0.25) is 0 Å². The van der Waals surface area contributed by atoms with Gasteiger partial charge in [0, 0.05) is 0 Å². The fourth-order valence-electron chi connectivity index (χ4n) is 2.18. The molecule has 1 aromatic carbocycles. The highest BCUT2D eigenvalue weighted by molar-refractivity contribution is 5.80. The van der Waals surface area contributed by atoms with Gasteiger partial charge < -0.3 is 5.73 Å². The van der Waals surface area contributed by atoms with Gasteiger partial charge in [0.25, 0.3) is 5.91 Å². The van der Waals surface area contributed by atoms with E-state index in [2.05, 4.69) is 5.48 Å². The average Bonchev–Trinajstić information content (AvgIpc) is 2.90. The fraction of sp³-hybridized carbons (Fsp3) is 0.500. The number of rotatable bonds is 5. The van der Waals surface area contributed by atoms with E-state index in [9.17, 15) is 4.79 Å². The summed E-state index contributed by atoms with van der Waals surface area (Å²) >= 11 is 0. The predicted octanol–water partition coefficient (Wildman–Crippen LogP) is 1.55. The molecule has 4 heteroatoms.